The predicted octanol–water partition coefficient (Wildman–Crippen LogP) is 1.28. The summed E-state index contributed by atoms with van der Waals surface area (Å²) < 4.78 is 1.82. The molecule has 106 valence electrons. The van der Waals surface area contributed by atoms with Gasteiger partial charge in [0, 0.05) is 37.5 Å². The number of nitrogens with zero attached hydrogens (tertiary/aromatic N) is 2. The van der Waals surface area contributed by atoms with Crippen molar-refractivity contribution in [2.45, 2.75) is 13.5 Å². The number of nitrogens with one attached hydrogen (secondary N) is 2. The number of anilines is 2. The molecule has 2 aromatic rings. The standard InChI is InChI=1S/C14H19N5O/c1-9-11(8-18-19(9)3)7-17-13-6-10(14(20)16-2)4-5-12(13)15/h4-6,8,17H,7,15H2,1-3H3,(H,16,20). The smallest absolute Gasteiger partial charge is 0.251 e. The van der Waals surface area contributed by atoms with Gasteiger partial charge < -0.3 is 16.4 Å². The van der Waals surface area contributed by atoms with E-state index in [1.807, 2.05) is 24.9 Å². The number of rotatable bonds is 4. The number of amides is 1. The summed E-state index contributed by atoms with van der Waals surface area (Å²) >= 11 is 0. The van der Waals surface area contributed by atoms with E-state index in [2.05, 4.69) is 15.7 Å². The molecule has 0 unspecified atom stereocenters. The molecule has 1 aromatic carbocycles. The van der Waals surface area contributed by atoms with Gasteiger partial charge in [-0.1, -0.05) is 0 Å². The fraction of sp³-hybridized carbons (Fsp3) is 0.286. The van der Waals surface area contributed by atoms with Crippen LogP contribution in [0, 0.1) is 6.92 Å². The number of hydrogen-bond acceptors (Lipinski definition) is 4. The molecular formula is C14H19N5O. The first-order chi connectivity index (χ1) is 9.52. The van der Waals surface area contributed by atoms with Gasteiger partial charge in [-0.05, 0) is 25.1 Å². The molecule has 0 aliphatic carbocycles. The van der Waals surface area contributed by atoms with Gasteiger partial charge in [0.1, 0.15) is 0 Å². The van der Waals surface area contributed by atoms with Gasteiger partial charge >= 0.3 is 0 Å². The zero-order valence-corrected chi connectivity index (χ0v) is 11.9. The van der Waals surface area contributed by atoms with Gasteiger partial charge in [-0.3, -0.25) is 9.48 Å². The third-order valence-corrected chi connectivity index (χ3v) is 3.35. The number of hydrogen-bond donors (Lipinski definition) is 3. The van der Waals surface area contributed by atoms with E-state index >= 15 is 0 Å². The monoisotopic (exact) mass is 273 g/mol. The molecule has 0 atom stereocenters. The maximum absolute atomic E-state index is 11.6. The lowest BCUT2D eigenvalue weighted by Crippen LogP contribution is -2.18. The summed E-state index contributed by atoms with van der Waals surface area (Å²) in [5, 5.41) is 10.0. The van der Waals surface area contributed by atoms with Gasteiger partial charge in [0.15, 0.2) is 0 Å². The fourth-order valence-corrected chi connectivity index (χ4v) is 1.90. The molecule has 1 aromatic heterocycles. The highest BCUT2D eigenvalue weighted by atomic mass is 16.1. The molecule has 1 amide bonds. The Kier molecular flexibility index (Phi) is 3.93. The summed E-state index contributed by atoms with van der Waals surface area (Å²) in [6.45, 7) is 2.62. The minimum absolute atomic E-state index is 0.134. The Morgan fingerprint density at radius 2 is 2.20 bits per heavy atom. The lowest BCUT2D eigenvalue weighted by Gasteiger charge is -2.11. The number of nitrogens with two attached hydrogens (primary N) is 1. The van der Waals surface area contributed by atoms with Crippen molar-refractivity contribution in [1.82, 2.24) is 15.1 Å². The normalized spacial score (nSPS) is 10.3. The van der Waals surface area contributed by atoms with Crippen LogP contribution in [0.2, 0.25) is 0 Å². The van der Waals surface area contributed by atoms with E-state index in [4.69, 9.17) is 5.73 Å². The van der Waals surface area contributed by atoms with Gasteiger partial charge in [-0.15, -0.1) is 0 Å². The average Bonchev–Trinajstić information content (AvgIpc) is 2.77. The van der Waals surface area contributed by atoms with E-state index in [-0.39, 0.29) is 5.91 Å². The van der Waals surface area contributed by atoms with Gasteiger partial charge in [0.05, 0.1) is 17.6 Å². The van der Waals surface area contributed by atoms with Crippen LogP contribution >= 0.6 is 0 Å². The van der Waals surface area contributed by atoms with Gasteiger partial charge in [0.25, 0.3) is 5.91 Å². The van der Waals surface area contributed by atoms with Crippen LogP contribution in [0.4, 0.5) is 11.4 Å². The zero-order chi connectivity index (χ0) is 14.7. The molecule has 0 aliphatic rings. The largest absolute Gasteiger partial charge is 0.397 e. The van der Waals surface area contributed by atoms with Crippen LogP contribution in [0.15, 0.2) is 24.4 Å². The number of carbonyl (C=O) groups excluding carboxylic acids is 1. The maximum Gasteiger partial charge on any atom is 0.251 e. The second kappa shape index (κ2) is 5.64. The molecule has 0 spiro atoms. The van der Waals surface area contributed by atoms with Crippen LogP contribution in [0.1, 0.15) is 21.6 Å². The fourth-order valence-electron chi connectivity index (χ4n) is 1.90. The van der Waals surface area contributed by atoms with Crippen molar-refractivity contribution in [3.05, 3.63) is 41.2 Å². The van der Waals surface area contributed by atoms with E-state index in [0.717, 1.165) is 16.9 Å². The van der Waals surface area contributed by atoms with Gasteiger partial charge in [0.2, 0.25) is 0 Å². The first-order valence-corrected chi connectivity index (χ1v) is 6.36. The molecule has 1 heterocycles. The summed E-state index contributed by atoms with van der Waals surface area (Å²) in [6.07, 6.45) is 1.82. The van der Waals surface area contributed by atoms with Crippen molar-refractivity contribution in [2.75, 3.05) is 18.1 Å². The van der Waals surface area contributed by atoms with Crippen molar-refractivity contribution >= 4 is 17.3 Å². The average molecular weight is 273 g/mol. The Morgan fingerprint density at radius 3 is 2.80 bits per heavy atom. The molecule has 2 rings (SSSR count). The molecule has 0 bridgehead atoms. The van der Waals surface area contributed by atoms with Crippen LogP contribution in [-0.2, 0) is 13.6 Å². The van der Waals surface area contributed by atoms with Crippen LogP contribution in [0.25, 0.3) is 0 Å². The van der Waals surface area contributed by atoms with Crippen LogP contribution in [0.5, 0.6) is 0 Å². The summed E-state index contributed by atoms with van der Waals surface area (Å²) in [7, 11) is 3.50. The topological polar surface area (TPSA) is 85.0 Å². The Bertz CT molecular complexity index is 632. The highest BCUT2D eigenvalue weighted by Crippen LogP contribution is 2.21. The number of aryl methyl sites for hydroxylation is 1. The third kappa shape index (κ3) is 2.74. The quantitative estimate of drug-likeness (QED) is 0.733. The van der Waals surface area contributed by atoms with Crippen LogP contribution in [-0.4, -0.2) is 22.7 Å². The Morgan fingerprint density at radius 1 is 1.45 bits per heavy atom. The summed E-state index contributed by atoms with van der Waals surface area (Å²) in [6, 6.07) is 5.18. The van der Waals surface area contributed by atoms with E-state index in [1.54, 1.807) is 25.2 Å². The highest BCUT2D eigenvalue weighted by Gasteiger charge is 2.08. The van der Waals surface area contributed by atoms with E-state index in [0.29, 0.717) is 17.8 Å². The molecule has 0 aliphatic heterocycles. The molecule has 6 heteroatoms. The van der Waals surface area contributed by atoms with Crippen molar-refractivity contribution in [1.29, 1.82) is 0 Å². The molecule has 0 radical (unpaired) electrons. The maximum atomic E-state index is 11.6. The van der Waals surface area contributed by atoms with Crippen LogP contribution in [0.3, 0.4) is 0 Å². The molecule has 4 N–H and O–H groups in total. The number of nitrogen functional groups attached to an aromatic ring is 1. The minimum atomic E-state index is -0.134. The molecule has 0 saturated heterocycles. The minimum Gasteiger partial charge on any atom is -0.397 e. The number of benzene rings is 1. The van der Waals surface area contributed by atoms with Crippen molar-refractivity contribution in [3.63, 3.8) is 0 Å². The van der Waals surface area contributed by atoms with E-state index in [1.165, 1.54) is 0 Å². The second-order valence-electron chi connectivity index (χ2n) is 4.61. The van der Waals surface area contributed by atoms with E-state index < -0.39 is 0 Å². The first-order valence-electron chi connectivity index (χ1n) is 6.36. The first kappa shape index (κ1) is 13.9. The second-order valence-corrected chi connectivity index (χ2v) is 4.61. The third-order valence-electron chi connectivity index (χ3n) is 3.35. The van der Waals surface area contributed by atoms with Crippen molar-refractivity contribution in [2.24, 2.45) is 7.05 Å². The summed E-state index contributed by atoms with van der Waals surface area (Å²) in [5.41, 5.74) is 10.0. The molecular weight excluding hydrogens is 254 g/mol. The molecule has 6 nitrogen and oxygen atoms in total. The highest BCUT2D eigenvalue weighted by molar-refractivity contribution is 5.96. The lowest BCUT2D eigenvalue weighted by atomic mass is 10.1. The van der Waals surface area contributed by atoms with E-state index in [9.17, 15) is 4.79 Å². The van der Waals surface area contributed by atoms with Crippen molar-refractivity contribution < 1.29 is 4.79 Å². The van der Waals surface area contributed by atoms with Gasteiger partial charge in [-0.25, -0.2) is 0 Å². The molecule has 0 fully saturated rings. The number of carbonyl (C=O) groups is 1. The Balaban J connectivity index is 2.16. The SMILES string of the molecule is CNC(=O)c1ccc(N)c(NCc2cnn(C)c2C)c1. The lowest BCUT2D eigenvalue weighted by molar-refractivity contribution is 0.0963. The molecule has 0 saturated carbocycles. The zero-order valence-electron chi connectivity index (χ0n) is 11.9. The number of aromatic nitrogens is 2. The summed E-state index contributed by atoms with van der Waals surface area (Å²) in [5.74, 6) is -0.134. The van der Waals surface area contributed by atoms with Crippen LogP contribution < -0.4 is 16.4 Å². The Hall–Kier alpha value is -2.50. The van der Waals surface area contributed by atoms with Crippen molar-refractivity contribution in [3.8, 4) is 0 Å². The van der Waals surface area contributed by atoms with Gasteiger partial charge in [-0.2, -0.15) is 5.10 Å². The predicted molar refractivity (Wildman–Crippen MR) is 79.5 cm³/mol. The summed E-state index contributed by atoms with van der Waals surface area (Å²) in [4.78, 5) is 11.6. The Labute approximate surface area is 118 Å². The molecule has 20 heavy (non-hydrogen) atoms.